The van der Waals surface area contributed by atoms with Gasteiger partial charge in [-0.05, 0) is 43.7 Å². The van der Waals surface area contributed by atoms with E-state index < -0.39 is 0 Å². The Morgan fingerprint density at radius 1 is 1.24 bits per heavy atom. The molecule has 0 saturated heterocycles. The van der Waals surface area contributed by atoms with Crippen molar-refractivity contribution < 1.29 is 4.74 Å². The van der Waals surface area contributed by atoms with Crippen molar-refractivity contribution in [2.45, 2.75) is 33.1 Å². The minimum atomic E-state index is 0.702. The quantitative estimate of drug-likeness (QED) is 0.714. The Balaban J connectivity index is 2.11. The van der Waals surface area contributed by atoms with Crippen LogP contribution < -0.4 is 10.1 Å². The summed E-state index contributed by atoms with van der Waals surface area (Å²) in [6.45, 7) is 6.87. The number of ether oxygens (including phenoxy) is 1. The largest absolute Gasteiger partial charge is 0.492 e. The van der Waals surface area contributed by atoms with Crippen LogP contribution in [0.3, 0.4) is 0 Å². The second-order valence-electron chi connectivity index (χ2n) is 4.22. The lowest BCUT2D eigenvalue weighted by Gasteiger charge is -2.08. The number of unbranched alkanes of at least 4 members (excludes halogenated alkanes) is 2. The van der Waals surface area contributed by atoms with Crippen molar-refractivity contribution in [3.63, 3.8) is 0 Å². The SMILES string of the molecule is CCCCCNCCOc1ccc(Cl)c(C)c1. The molecule has 0 fully saturated rings. The molecule has 0 unspecified atom stereocenters. The highest BCUT2D eigenvalue weighted by molar-refractivity contribution is 6.31. The first-order valence-electron chi connectivity index (χ1n) is 6.33. The van der Waals surface area contributed by atoms with Crippen molar-refractivity contribution in [2.75, 3.05) is 19.7 Å². The van der Waals surface area contributed by atoms with Gasteiger partial charge in [0, 0.05) is 11.6 Å². The van der Waals surface area contributed by atoms with Gasteiger partial charge in [-0.2, -0.15) is 0 Å². The first-order chi connectivity index (χ1) is 8.24. The van der Waals surface area contributed by atoms with Gasteiger partial charge in [0.05, 0.1) is 0 Å². The Morgan fingerprint density at radius 2 is 2.06 bits per heavy atom. The molecule has 0 heterocycles. The average molecular weight is 256 g/mol. The highest BCUT2D eigenvalue weighted by atomic mass is 35.5. The van der Waals surface area contributed by atoms with Crippen molar-refractivity contribution in [3.05, 3.63) is 28.8 Å². The molecule has 17 heavy (non-hydrogen) atoms. The van der Waals surface area contributed by atoms with Gasteiger partial charge >= 0.3 is 0 Å². The van der Waals surface area contributed by atoms with Gasteiger partial charge < -0.3 is 10.1 Å². The van der Waals surface area contributed by atoms with Crippen molar-refractivity contribution in [3.8, 4) is 5.75 Å². The highest BCUT2D eigenvalue weighted by Gasteiger charge is 1.98. The van der Waals surface area contributed by atoms with Gasteiger partial charge in [-0.15, -0.1) is 0 Å². The maximum atomic E-state index is 5.95. The van der Waals surface area contributed by atoms with E-state index in [0.717, 1.165) is 29.4 Å². The first kappa shape index (κ1) is 14.3. The molecule has 1 aromatic rings. The molecule has 2 nitrogen and oxygen atoms in total. The van der Waals surface area contributed by atoms with Gasteiger partial charge in [-0.1, -0.05) is 31.4 Å². The van der Waals surface area contributed by atoms with Crippen LogP contribution in [0.15, 0.2) is 18.2 Å². The van der Waals surface area contributed by atoms with E-state index in [-0.39, 0.29) is 0 Å². The predicted octanol–water partition coefficient (Wildman–Crippen LogP) is 3.81. The first-order valence-corrected chi connectivity index (χ1v) is 6.71. The molecule has 0 aliphatic heterocycles. The van der Waals surface area contributed by atoms with Crippen LogP contribution in [-0.4, -0.2) is 19.7 Å². The summed E-state index contributed by atoms with van der Waals surface area (Å²) in [5, 5.41) is 4.15. The number of benzene rings is 1. The van der Waals surface area contributed by atoms with E-state index in [0.29, 0.717) is 6.61 Å². The number of rotatable bonds is 8. The molecule has 0 aliphatic rings. The lowest BCUT2D eigenvalue weighted by atomic mass is 10.2. The minimum absolute atomic E-state index is 0.702. The third kappa shape index (κ3) is 5.94. The molecule has 1 rings (SSSR count). The molecule has 0 spiro atoms. The lowest BCUT2D eigenvalue weighted by molar-refractivity contribution is 0.313. The fourth-order valence-corrected chi connectivity index (χ4v) is 1.69. The zero-order chi connectivity index (χ0) is 12.5. The summed E-state index contributed by atoms with van der Waals surface area (Å²) < 4.78 is 5.63. The van der Waals surface area contributed by atoms with Crippen LogP contribution in [0.25, 0.3) is 0 Å². The molecule has 0 aromatic heterocycles. The van der Waals surface area contributed by atoms with Crippen LogP contribution >= 0.6 is 11.6 Å². The number of hydrogen-bond acceptors (Lipinski definition) is 2. The third-order valence-electron chi connectivity index (χ3n) is 2.63. The van der Waals surface area contributed by atoms with E-state index >= 15 is 0 Å². The predicted molar refractivity (Wildman–Crippen MR) is 74.1 cm³/mol. The van der Waals surface area contributed by atoms with E-state index in [1.807, 2.05) is 25.1 Å². The second-order valence-corrected chi connectivity index (χ2v) is 4.62. The Morgan fingerprint density at radius 3 is 2.76 bits per heavy atom. The Labute approximate surface area is 109 Å². The smallest absolute Gasteiger partial charge is 0.119 e. The summed E-state index contributed by atoms with van der Waals surface area (Å²) in [6.07, 6.45) is 3.81. The number of nitrogens with one attached hydrogen (secondary N) is 1. The summed E-state index contributed by atoms with van der Waals surface area (Å²) in [5.74, 6) is 0.891. The second kappa shape index (κ2) is 8.37. The summed E-state index contributed by atoms with van der Waals surface area (Å²) in [7, 11) is 0. The molecule has 1 aromatic carbocycles. The Hall–Kier alpha value is -0.730. The van der Waals surface area contributed by atoms with E-state index in [9.17, 15) is 0 Å². The standard InChI is InChI=1S/C14H22ClNO/c1-3-4-5-8-16-9-10-17-13-6-7-14(15)12(2)11-13/h6-7,11,16H,3-5,8-10H2,1-2H3. The van der Waals surface area contributed by atoms with Gasteiger partial charge in [-0.3, -0.25) is 0 Å². The van der Waals surface area contributed by atoms with E-state index in [1.165, 1.54) is 19.3 Å². The topological polar surface area (TPSA) is 21.3 Å². The summed E-state index contributed by atoms with van der Waals surface area (Å²) >= 11 is 5.95. The zero-order valence-electron chi connectivity index (χ0n) is 10.8. The molecular formula is C14H22ClNO. The monoisotopic (exact) mass is 255 g/mol. The highest BCUT2D eigenvalue weighted by Crippen LogP contribution is 2.20. The van der Waals surface area contributed by atoms with Crippen LogP contribution in [0, 0.1) is 6.92 Å². The Bertz CT molecular complexity index is 328. The molecule has 0 saturated carbocycles. The van der Waals surface area contributed by atoms with Gasteiger partial charge in [0.15, 0.2) is 0 Å². The molecule has 3 heteroatoms. The third-order valence-corrected chi connectivity index (χ3v) is 3.06. The number of aryl methyl sites for hydroxylation is 1. The molecule has 0 amide bonds. The maximum Gasteiger partial charge on any atom is 0.119 e. The van der Waals surface area contributed by atoms with Crippen molar-refractivity contribution >= 4 is 11.6 Å². The fourth-order valence-electron chi connectivity index (χ4n) is 1.57. The van der Waals surface area contributed by atoms with Crippen LogP contribution in [-0.2, 0) is 0 Å². The molecule has 1 N–H and O–H groups in total. The summed E-state index contributed by atoms with van der Waals surface area (Å²) in [6, 6.07) is 5.76. The van der Waals surface area contributed by atoms with E-state index in [2.05, 4.69) is 12.2 Å². The minimum Gasteiger partial charge on any atom is -0.492 e. The van der Waals surface area contributed by atoms with Crippen LogP contribution in [0.1, 0.15) is 31.7 Å². The van der Waals surface area contributed by atoms with Crippen LogP contribution in [0.4, 0.5) is 0 Å². The van der Waals surface area contributed by atoms with Gasteiger partial charge in [0.2, 0.25) is 0 Å². The maximum absolute atomic E-state index is 5.95. The summed E-state index contributed by atoms with van der Waals surface area (Å²) in [5.41, 5.74) is 1.06. The van der Waals surface area contributed by atoms with Crippen molar-refractivity contribution in [2.24, 2.45) is 0 Å². The zero-order valence-corrected chi connectivity index (χ0v) is 11.5. The van der Waals surface area contributed by atoms with Crippen LogP contribution in [0.2, 0.25) is 5.02 Å². The molecule has 0 aliphatic carbocycles. The Kier molecular flexibility index (Phi) is 7.06. The van der Waals surface area contributed by atoms with Gasteiger partial charge in [0.1, 0.15) is 12.4 Å². The van der Waals surface area contributed by atoms with Crippen molar-refractivity contribution in [1.29, 1.82) is 0 Å². The lowest BCUT2D eigenvalue weighted by Crippen LogP contribution is -2.22. The normalized spacial score (nSPS) is 10.5. The molecule has 0 radical (unpaired) electrons. The van der Waals surface area contributed by atoms with Gasteiger partial charge in [-0.25, -0.2) is 0 Å². The number of halogens is 1. The molecule has 0 atom stereocenters. The van der Waals surface area contributed by atoms with E-state index in [1.54, 1.807) is 0 Å². The molecular weight excluding hydrogens is 234 g/mol. The molecule has 0 bridgehead atoms. The van der Waals surface area contributed by atoms with Gasteiger partial charge in [0.25, 0.3) is 0 Å². The van der Waals surface area contributed by atoms with E-state index in [4.69, 9.17) is 16.3 Å². The average Bonchev–Trinajstić information content (AvgIpc) is 2.32. The van der Waals surface area contributed by atoms with Crippen molar-refractivity contribution in [1.82, 2.24) is 5.32 Å². The number of hydrogen-bond donors (Lipinski definition) is 1. The summed E-state index contributed by atoms with van der Waals surface area (Å²) in [4.78, 5) is 0. The fraction of sp³-hybridized carbons (Fsp3) is 0.571. The molecule has 96 valence electrons. The van der Waals surface area contributed by atoms with Crippen LogP contribution in [0.5, 0.6) is 5.75 Å².